The van der Waals surface area contributed by atoms with Crippen molar-refractivity contribution in [3.63, 3.8) is 0 Å². The molecule has 2 aliphatic carbocycles. The highest BCUT2D eigenvalue weighted by molar-refractivity contribution is 5.97. The first kappa shape index (κ1) is 15.5. The minimum absolute atomic E-state index is 0.231. The fourth-order valence-corrected chi connectivity index (χ4v) is 4.73. The first-order valence-corrected chi connectivity index (χ1v) is 8.06. The Hall–Kier alpha value is -0.850. The Morgan fingerprint density at radius 1 is 1.30 bits per heavy atom. The van der Waals surface area contributed by atoms with Crippen molar-refractivity contribution in [2.24, 2.45) is 16.7 Å². The van der Waals surface area contributed by atoms with Crippen molar-refractivity contribution in [3.8, 4) is 0 Å². The molecule has 0 spiro atoms. The highest BCUT2D eigenvalue weighted by Crippen LogP contribution is 2.59. The van der Waals surface area contributed by atoms with Gasteiger partial charge in [0.15, 0.2) is 5.78 Å². The van der Waals surface area contributed by atoms with Gasteiger partial charge in [0.1, 0.15) is 0 Å². The van der Waals surface area contributed by atoms with Gasteiger partial charge in [-0.1, -0.05) is 38.3 Å². The van der Waals surface area contributed by atoms with Crippen molar-refractivity contribution < 1.29 is 4.79 Å². The number of hydrogen-bond donors (Lipinski definition) is 0. The summed E-state index contributed by atoms with van der Waals surface area (Å²) in [4.78, 5) is 12.5. The maximum Gasteiger partial charge on any atom is 0.158 e. The van der Waals surface area contributed by atoms with Crippen LogP contribution in [0.2, 0.25) is 0 Å². The molecule has 0 N–H and O–H groups in total. The zero-order valence-corrected chi connectivity index (χ0v) is 13.9. The van der Waals surface area contributed by atoms with E-state index < -0.39 is 0 Å². The molecule has 0 aromatic heterocycles. The summed E-state index contributed by atoms with van der Waals surface area (Å²) in [6.45, 7) is 15.3. The number of fused-ring (bicyclic) bond motifs is 1. The third-order valence-corrected chi connectivity index (χ3v) is 5.98. The number of rotatable bonds is 3. The molecule has 0 bridgehead atoms. The lowest BCUT2D eigenvalue weighted by Crippen LogP contribution is -2.47. The minimum Gasteiger partial charge on any atom is -0.295 e. The van der Waals surface area contributed by atoms with E-state index in [0.29, 0.717) is 11.7 Å². The Bertz CT molecular complexity index is 466. The maximum atomic E-state index is 12.5. The van der Waals surface area contributed by atoms with Gasteiger partial charge in [-0.2, -0.15) is 0 Å². The van der Waals surface area contributed by atoms with Crippen LogP contribution in [0.5, 0.6) is 0 Å². The monoisotopic (exact) mass is 274 g/mol. The summed E-state index contributed by atoms with van der Waals surface area (Å²) in [5.74, 6) is 0.902. The zero-order chi connectivity index (χ0) is 15.1. The van der Waals surface area contributed by atoms with Crippen LogP contribution in [-0.4, -0.2) is 5.78 Å². The maximum absolute atomic E-state index is 12.5. The molecule has 0 aromatic rings. The van der Waals surface area contributed by atoms with E-state index in [4.69, 9.17) is 0 Å². The quantitative estimate of drug-likeness (QED) is 0.624. The summed E-state index contributed by atoms with van der Waals surface area (Å²) < 4.78 is 0. The van der Waals surface area contributed by atoms with E-state index in [1.165, 1.54) is 30.4 Å². The van der Waals surface area contributed by atoms with Crippen molar-refractivity contribution in [2.45, 2.75) is 73.1 Å². The molecule has 1 saturated carbocycles. The highest BCUT2D eigenvalue weighted by Gasteiger charge is 2.51. The second-order valence-corrected chi connectivity index (χ2v) is 8.00. The van der Waals surface area contributed by atoms with Crippen LogP contribution >= 0.6 is 0 Å². The molecule has 0 amide bonds. The molecule has 0 radical (unpaired) electrons. The van der Waals surface area contributed by atoms with Crippen LogP contribution in [0.4, 0.5) is 0 Å². The third kappa shape index (κ3) is 2.52. The number of allylic oxidation sites excluding steroid dienone is 3. The van der Waals surface area contributed by atoms with Crippen LogP contribution in [0.15, 0.2) is 23.3 Å². The fraction of sp³-hybridized carbons (Fsp3) is 0.737. The first-order chi connectivity index (χ1) is 9.18. The van der Waals surface area contributed by atoms with Crippen LogP contribution in [0.1, 0.15) is 73.1 Å². The highest BCUT2D eigenvalue weighted by atomic mass is 16.1. The number of carbonyl (C=O) groups is 1. The molecule has 1 nitrogen and oxygen atoms in total. The molecule has 112 valence electrons. The fourth-order valence-electron chi connectivity index (χ4n) is 4.73. The molecule has 0 heterocycles. The Kier molecular flexibility index (Phi) is 4.01. The second-order valence-electron chi connectivity index (χ2n) is 8.00. The summed E-state index contributed by atoms with van der Waals surface area (Å²) in [5, 5.41) is 0. The van der Waals surface area contributed by atoms with E-state index in [0.717, 1.165) is 24.8 Å². The molecule has 0 saturated heterocycles. The van der Waals surface area contributed by atoms with Gasteiger partial charge in [0, 0.05) is 6.42 Å². The van der Waals surface area contributed by atoms with E-state index in [9.17, 15) is 4.79 Å². The summed E-state index contributed by atoms with van der Waals surface area (Å²) >= 11 is 0. The van der Waals surface area contributed by atoms with E-state index in [2.05, 4.69) is 41.2 Å². The first-order valence-electron chi connectivity index (χ1n) is 8.06. The van der Waals surface area contributed by atoms with Crippen molar-refractivity contribution in [2.75, 3.05) is 0 Å². The Balaban J connectivity index is 2.42. The number of Topliss-reactive ketones (excluding diaryl/α,β-unsaturated/α-hetero) is 1. The molecule has 2 rings (SSSR count). The van der Waals surface area contributed by atoms with Gasteiger partial charge in [-0.3, -0.25) is 4.79 Å². The molecule has 2 aliphatic rings. The van der Waals surface area contributed by atoms with Crippen molar-refractivity contribution >= 4 is 5.78 Å². The Morgan fingerprint density at radius 3 is 2.55 bits per heavy atom. The van der Waals surface area contributed by atoms with Gasteiger partial charge in [0.25, 0.3) is 0 Å². The van der Waals surface area contributed by atoms with Gasteiger partial charge in [0.05, 0.1) is 0 Å². The average molecular weight is 274 g/mol. The van der Waals surface area contributed by atoms with Crippen LogP contribution in [0.25, 0.3) is 0 Å². The van der Waals surface area contributed by atoms with Crippen LogP contribution < -0.4 is 0 Å². The summed E-state index contributed by atoms with van der Waals surface area (Å²) in [6, 6.07) is 0. The van der Waals surface area contributed by atoms with Gasteiger partial charge in [-0.25, -0.2) is 0 Å². The van der Waals surface area contributed by atoms with Gasteiger partial charge in [-0.15, -0.1) is 6.58 Å². The van der Waals surface area contributed by atoms with Gasteiger partial charge in [-0.05, 0) is 61.9 Å². The summed E-state index contributed by atoms with van der Waals surface area (Å²) in [6.07, 6.45) is 6.59. The molecule has 1 heteroatoms. The van der Waals surface area contributed by atoms with Crippen molar-refractivity contribution in [3.05, 3.63) is 23.3 Å². The van der Waals surface area contributed by atoms with Gasteiger partial charge < -0.3 is 0 Å². The van der Waals surface area contributed by atoms with Crippen molar-refractivity contribution in [1.29, 1.82) is 0 Å². The van der Waals surface area contributed by atoms with E-state index in [1.54, 1.807) is 0 Å². The Labute approximate surface area is 124 Å². The average Bonchev–Trinajstić information content (AvgIpc) is 2.31. The van der Waals surface area contributed by atoms with Crippen LogP contribution in [0, 0.1) is 16.7 Å². The lowest BCUT2D eigenvalue weighted by atomic mass is 9.49. The zero-order valence-electron chi connectivity index (χ0n) is 13.9. The van der Waals surface area contributed by atoms with E-state index in [-0.39, 0.29) is 10.8 Å². The molecular formula is C19H30O. The largest absolute Gasteiger partial charge is 0.295 e. The third-order valence-electron chi connectivity index (χ3n) is 5.98. The van der Waals surface area contributed by atoms with Crippen LogP contribution in [0.3, 0.4) is 0 Å². The van der Waals surface area contributed by atoms with E-state index >= 15 is 0 Å². The molecule has 2 unspecified atom stereocenters. The normalized spacial score (nSPS) is 33.0. The lowest BCUT2D eigenvalue weighted by Gasteiger charge is -2.54. The predicted octanol–water partition coefficient (Wildman–Crippen LogP) is 5.46. The second kappa shape index (κ2) is 5.16. The Morgan fingerprint density at radius 2 is 1.95 bits per heavy atom. The SMILES string of the molecule is C=C(C)CCC1=C(C)C(=O)CC2C(C)(C)CCCC12C. The minimum atomic E-state index is 0.231. The van der Waals surface area contributed by atoms with Gasteiger partial charge in [0.2, 0.25) is 0 Å². The van der Waals surface area contributed by atoms with Crippen LogP contribution in [-0.2, 0) is 4.79 Å². The lowest BCUT2D eigenvalue weighted by molar-refractivity contribution is -0.122. The molecular weight excluding hydrogens is 244 g/mol. The standard InChI is InChI=1S/C19H30O/c1-13(2)8-9-15-14(3)16(20)12-17-18(4,5)10-7-11-19(15,17)6/h17H,1,7-12H2,2-6H3. The smallest absolute Gasteiger partial charge is 0.158 e. The molecule has 20 heavy (non-hydrogen) atoms. The summed E-state index contributed by atoms with van der Waals surface area (Å²) in [7, 11) is 0. The molecule has 2 atom stereocenters. The number of carbonyl (C=O) groups excluding carboxylic acids is 1. The molecule has 0 aliphatic heterocycles. The van der Waals surface area contributed by atoms with E-state index in [1.807, 2.05) is 0 Å². The number of hydrogen-bond acceptors (Lipinski definition) is 1. The molecule has 1 fully saturated rings. The predicted molar refractivity (Wildman–Crippen MR) is 85.6 cm³/mol. The topological polar surface area (TPSA) is 17.1 Å². The summed E-state index contributed by atoms with van der Waals surface area (Å²) in [5.41, 5.74) is 4.24. The molecule has 0 aromatic carbocycles. The number of ketones is 1. The van der Waals surface area contributed by atoms with Gasteiger partial charge >= 0.3 is 0 Å². The van der Waals surface area contributed by atoms with Crippen molar-refractivity contribution in [1.82, 2.24) is 0 Å².